The van der Waals surface area contributed by atoms with Crippen molar-refractivity contribution in [3.05, 3.63) is 0 Å². The minimum absolute atomic E-state index is 0.00694. The summed E-state index contributed by atoms with van der Waals surface area (Å²) < 4.78 is 5.41. The first-order valence-corrected chi connectivity index (χ1v) is 3.46. The fourth-order valence-electron chi connectivity index (χ4n) is 1.24. The maximum Gasteiger partial charge on any atom is 0.139 e. The third-order valence-corrected chi connectivity index (χ3v) is 1.65. The molecule has 1 rings (SSSR count). The Balaban J connectivity index is 2.60. The molecule has 2 unspecified atom stereocenters. The molecule has 0 radical (unpaired) electrons. The number of nitrogens with one attached hydrogen (secondary N) is 1. The molecule has 1 saturated heterocycles. The van der Waals surface area contributed by atoms with Crippen molar-refractivity contribution >= 4 is 6.29 Å². The van der Waals surface area contributed by atoms with Gasteiger partial charge >= 0.3 is 0 Å². The second-order valence-corrected chi connectivity index (χ2v) is 3.14. The summed E-state index contributed by atoms with van der Waals surface area (Å²) in [5, 5.41) is 3.04. The van der Waals surface area contributed by atoms with Crippen molar-refractivity contribution in [3.63, 3.8) is 0 Å². The molecule has 0 aromatic heterocycles. The van der Waals surface area contributed by atoms with Gasteiger partial charge in [0.05, 0.1) is 12.1 Å². The van der Waals surface area contributed by atoms with E-state index in [0.717, 1.165) is 6.29 Å². The van der Waals surface area contributed by atoms with Crippen molar-refractivity contribution in [2.45, 2.75) is 38.6 Å². The van der Waals surface area contributed by atoms with Crippen LogP contribution in [-0.2, 0) is 9.53 Å². The normalized spacial score (nSPS) is 37.9. The van der Waals surface area contributed by atoms with E-state index >= 15 is 0 Å². The molecule has 1 aliphatic rings. The van der Waals surface area contributed by atoms with E-state index in [1.165, 1.54) is 0 Å². The van der Waals surface area contributed by atoms with Gasteiger partial charge < -0.3 is 9.53 Å². The van der Waals surface area contributed by atoms with E-state index in [2.05, 4.69) is 5.32 Å². The summed E-state index contributed by atoms with van der Waals surface area (Å²) in [6, 6.07) is -0.144. The van der Waals surface area contributed by atoms with Crippen LogP contribution in [0.1, 0.15) is 20.8 Å². The number of rotatable bonds is 1. The zero-order valence-electron chi connectivity index (χ0n) is 6.55. The Morgan fingerprint density at radius 3 is 2.40 bits per heavy atom. The van der Waals surface area contributed by atoms with E-state index in [0.29, 0.717) is 0 Å². The highest BCUT2D eigenvalue weighted by Crippen LogP contribution is 2.18. The second kappa shape index (κ2) is 2.32. The molecule has 0 aromatic rings. The van der Waals surface area contributed by atoms with Gasteiger partial charge in [0, 0.05) is 0 Å². The third kappa shape index (κ3) is 1.36. The van der Waals surface area contributed by atoms with Gasteiger partial charge in [-0.2, -0.15) is 0 Å². The van der Waals surface area contributed by atoms with Crippen molar-refractivity contribution in [2.75, 3.05) is 0 Å². The molecule has 3 nitrogen and oxygen atoms in total. The molecule has 0 bridgehead atoms. The Morgan fingerprint density at radius 2 is 2.20 bits per heavy atom. The highest BCUT2D eigenvalue weighted by Gasteiger charge is 2.36. The van der Waals surface area contributed by atoms with Gasteiger partial charge in [0.15, 0.2) is 0 Å². The fraction of sp³-hybridized carbons (Fsp3) is 0.857. The second-order valence-electron chi connectivity index (χ2n) is 3.14. The lowest BCUT2D eigenvalue weighted by Crippen LogP contribution is -2.39. The van der Waals surface area contributed by atoms with Crippen LogP contribution in [0.25, 0.3) is 0 Å². The Kier molecular flexibility index (Phi) is 1.79. The zero-order chi connectivity index (χ0) is 7.78. The summed E-state index contributed by atoms with van der Waals surface area (Å²) >= 11 is 0. The predicted molar refractivity (Wildman–Crippen MR) is 37.6 cm³/mol. The molecular weight excluding hydrogens is 130 g/mol. The number of hydrogen-bond acceptors (Lipinski definition) is 3. The number of hydrogen-bond donors (Lipinski definition) is 1. The monoisotopic (exact) mass is 143 g/mol. The number of carbonyl (C=O) groups is 1. The van der Waals surface area contributed by atoms with Crippen molar-refractivity contribution in [3.8, 4) is 0 Å². The average molecular weight is 143 g/mol. The topological polar surface area (TPSA) is 38.3 Å². The molecule has 10 heavy (non-hydrogen) atoms. The van der Waals surface area contributed by atoms with Crippen molar-refractivity contribution in [1.82, 2.24) is 5.32 Å². The maximum atomic E-state index is 10.4. The van der Waals surface area contributed by atoms with Crippen LogP contribution in [0, 0.1) is 0 Å². The Morgan fingerprint density at radius 1 is 1.60 bits per heavy atom. The van der Waals surface area contributed by atoms with E-state index < -0.39 is 0 Å². The van der Waals surface area contributed by atoms with Crippen molar-refractivity contribution in [2.24, 2.45) is 0 Å². The molecule has 0 aliphatic carbocycles. The molecule has 1 heterocycles. The quantitative estimate of drug-likeness (QED) is 0.536. The first-order valence-electron chi connectivity index (χ1n) is 3.46. The standard InChI is InChI=1S/C7H13NO2/c1-5-6(4-9)8-7(2,3)10-5/h4-6,8H,1-3H3. The van der Waals surface area contributed by atoms with Gasteiger partial charge in [-0.05, 0) is 20.8 Å². The lowest BCUT2D eigenvalue weighted by molar-refractivity contribution is -0.110. The van der Waals surface area contributed by atoms with Crippen LogP contribution in [0.2, 0.25) is 0 Å². The molecule has 3 heteroatoms. The van der Waals surface area contributed by atoms with E-state index in [4.69, 9.17) is 4.74 Å². The number of carbonyl (C=O) groups excluding carboxylic acids is 1. The van der Waals surface area contributed by atoms with Gasteiger partial charge in [-0.1, -0.05) is 0 Å². The summed E-state index contributed by atoms with van der Waals surface area (Å²) in [6.07, 6.45) is 0.881. The molecule has 0 aromatic carbocycles. The molecule has 1 N–H and O–H groups in total. The maximum absolute atomic E-state index is 10.4. The van der Waals surface area contributed by atoms with Crippen LogP contribution >= 0.6 is 0 Å². The fourth-order valence-corrected chi connectivity index (χ4v) is 1.24. The van der Waals surface area contributed by atoms with Gasteiger partial charge in [-0.25, -0.2) is 0 Å². The highest BCUT2D eigenvalue weighted by molar-refractivity contribution is 5.59. The lowest BCUT2D eigenvalue weighted by Gasteiger charge is -2.16. The molecule has 1 aliphatic heterocycles. The molecule has 0 amide bonds. The summed E-state index contributed by atoms with van der Waals surface area (Å²) in [7, 11) is 0. The minimum atomic E-state index is -0.342. The summed E-state index contributed by atoms with van der Waals surface area (Å²) in [6.45, 7) is 5.71. The first kappa shape index (κ1) is 7.69. The minimum Gasteiger partial charge on any atom is -0.356 e. The Labute approximate surface area is 60.7 Å². The third-order valence-electron chi connectivity index (χ3n) is 1.65. The molecule has 2 atom stereocenters. The molecule has 1 fully saturated rings. The van der Waals surface area contributed by atoms with E-state index in [9.17, 15) is 4.79 Å². The van der Waals surface area contributed by atoms with Crippen molar-refractivity contribution in [1.29, 1.82) is 0 Å². The van der Waals surface area contributed by atoms with Crippen molar-refractivity contribution < 1.29 is 9.53 Å². The summed E-state index contributed by atoms with van der Waals surface area (Å²) in [5.41, 5.74) is -0.342. The van der Waals surface area contributed by atoms with Crippen LogP contribution in [0.5, 0.6) is 0 Å². The summed E-state index contributed by atoms with van der Waals surface area (Å²) in [4.78, 5) is 10.4. The van der Waals surface area contributed by atoms with Crippen LogP contribution in [0.15, 0.2) is 0 Å². The van der Waals surface area contributed by atoms with Gasteiger partial charge in [-0.3, -0.25) is 5.32 Å². The Bertz CT molecular complexity index is 145. The summed E-state index contributed by atoms with van der Waals surface area (Å²) in [5.74, 6) is 0. The van der Waals surface area contributed by atoms with Gasteiger partial charge in [-0.15, -0.1) is 0 Å². The smallest absolute Gasteiger partial charge is 0.139 e. The Hall–Kier alpha value is -0.410. The zero-order valence-corrected chi connectivity index (χ0v) is 6.55. The van der Waals surface area contributed by atoms with E-state index in [-0.39, 0.29) is 17.9 Å². The van der Waals surface area contributed by atoms with E-state index in [1.54, 1.807) is 0 Å². The highest BCUT2D eigenvalue weighted by atomic mass is 16.5. The van der Waals surface area contributed by atoms with Gasteiger partial charge in [0.25, 0.3) is 0 Å². The van der Waals surface area contributed by atoms with Crippen LogP contribution in [-0.4, -0.2) is 24.2 Å². The largest absolute Gasteiger partial charge is 0.356 e. The number of aldehydes is 1. The molecular formula is C7H13NO2. The SMILES string of the molecule is CC1OC(C)(C)NC1C=O. The van der Waals surface area contributed by atoms with Crippen LogP contribution < -0.4 is 5.32 Å². The van der Waals surface area contributed by atoms with Gasteiger partial charge in [0.2, 0.25) is 0 Å². The number of ether oxygens (including phenoxy) is 1. The molecule has 0 saturated carbocycles. The average Bonchev–Trinajstić information content (AvgIpc) is 2.05. The predicted octanol–water partition coefficient (Wildman–Crippen LogP) is 0.298. The molecule has 0 spiro atoms. The molecule has 58 valence electrons. The first-order chi connectivity index (χ1) is 4.55. The van der Waals surface area contributed by atoms with Crippen LogP contribution in [0.4, 0.5) is 0 Å². The van der Waals surface area contributed by atoms with E-state index in [1.807, 2.05) is 20.8 Å². The lowest BCUT2D eigenvalue weighted by atomic mass is 10.2. The van der Waals surface area contributed by atoms with Gasteiger partial charge in [0.1, 0.15) is 12.0 Å². The van der Waals surface area contributed by atoms with Crippen LogP contribution in [0.3, 0.4) is 0 Å².